The lowest BCUT2D eigenvalue weighted by molar-refractivity contribution is -0.139. The van der Waals surface area contributed by atoms with Gasteiger partial charge in [0.15, 0.2) is 12.2 Å². The third-order valence-corrected chi connectivity index (χ3v) is 12.2. The minimum absolute atomic E-state index is 0.0108. The van der Waals surface area contributed by atoms with Gasteiger partial charge in [-0.3, -0.25) is 9.59 Å². The molecule has 4 unspecified atom stereocenters. The van der Waals surface area contributed by atoms with Crippen LogP contribution in [0.3, 0.4) is 0 Å². The molecule has 6 rings (SSSR count). The van der Waals surface area contributed by atoms with Gasteiger partial charge in [0.2, 0.25) is 0 Å². The van der Waals surface area contributed by atoms with Gasteiger partial charge in [-0.2, -0.15) is 0 Å². The van der Waals surface area contributed by atoms with Crippen LogP contribution in [0.4, 0.5) is 0 Å². The molecule has 3 aromatic rings. The molecule has 6 N–H and O–H groups in total. The topological polar surface area (TPSA) is 129 Å². The first-order valence-electron chi connectivity index (χ1n) is 21.1. The van der Waals surface area contributed by atoms with Crippen molar-refractivity contribution in [2.45, 2.75) is 166 Å². The number of hydrogen-bond donors (Lipinski definition) is 4. The van der Waals surface area contributed by atoms with E-state index in [0.29, 0.717) is 24.8 Å². The molecule has 2 fully saturated rings. The number of carbonyl (C=O) groups excluding carboxylic acids is 2. The number of rotatable bonds is 17. The molecule has 54 heavy (non-hydrogen) atoms. The second-order valence-electron chi connectivity index (χ2n) is 17.0. The summed E-state index contributed by atoms with van der Waals surface area (Å²) in [6.07, 6.45) is 14.7. The zero-order valence-electron chi connectivity index (χ0n) is 33.1. The van der Waals surface area contributed by atoms with Crippen LogP contribution in [0.1, 0.15) is 133 Å². The molecule has 8 nitrogen and oxygen atoms in total. The Morgan fingerprint density at radius 2 is 1.39 bits per heavy atom. The number of carbonyl (C=O) groups is 2. The number of ether oxygens (including phenoxy) is 2. The first-order chi connectivity index (χ1) is 26.1. The van der Waals surface area contributed by atoms with Crippen molar-refractivity contribution in [3.05, 3.63) is 82.9 Å². The van der Waals surface area contributed by atoms with E-state index in [1.807, 2.05) is 32.9 Å². The van der Waals surface area contributed by atoms with Gasteiger partial charge in [-0.05, 0) is 97.7 Å². The Balaban J connectivity index is 1.09. The molecule has 0 aromatic heterocycles. The number of benzene rings is 3. The van der Waals surface area contributed by atoms with E-state index in [9.17, 15) is 9.59 Å². The zero-order valence-corrected chi connectivity index (χ0v) is 33.1. The summed E-state index contributed by atoms with van der Waals surface area (Å²) in [6, 6.07) is 20.3. The van der Waals surface area contributed by atoms with E-state index < -0.39 is 12.2 Å². The highest BCUT2D eigenvalue weighted by molar-refractivity contribution is 5.87. The van der Waals surface area contributed by atoms with Crippen LogP contribution in [0.15, 0.2) is 60.7 Å². The predicted octanol–water partition coefficient (Wildman–Crippen LogP) is 7.96. The highest BCUT2D eigenvalue weighted by Gasteiger charge is 2.34. The monoisotopic (exact) mass is 739 g/mol. The average molecular weight is 739 g/mol. The molecule has 0 spiro atoms. The van der Waals surface area contributed by atoms with Gasteiger partial charge in [0.25, 0.3) is 11.8 Å². The second kappa shape index (κ2) is 19.5. The molecule has 0 bridgehead atoms. The zero-order chi connectivity index (χ0) is 38.0. The van der Waals surface area contributed by atoms with Crippen molar-refractivity contribution in [2.24, 2.45) is 23.3 Å². The Bertz CT molecular complexity index is 1670. The first-order valence-corrected chi connectivity index (χ1v) is 21.1. The maximum Gasteiger partial charge on any atom is 0.251 e. The van der Waals surface area contributed by atoms with Gasteiger partial charge in [-0.25, -0.2) is 0 Å². The van der Waals surface area contributed by atoms with Crippen LogP contribution in [0, 0.1) is 11.8 Å². The molecule has 6 atom stereocenters. The number of nitrogens with one attached hydrogen (secondary N) is 2. The molecule has 0 heterocycles. The fraction of sp³-hybridized carbons (Fsp3) is 0.609. The third kappa shape index (κ3) is 10.9. The van der Waals surface area contributed by atoms with Crippen molar-refractivity contribution in [2.75, 3.05) is 0 Å². The Labute approximate surface area is 323 Å². The Morgan fingerprint density at radius 1 is 0.741 bits per heavy atom. The molecule has 294 valence electrons. The smallest absolute Gasteiger partial charge is 0.251 e. The lowest BCUT2D eigenvalue weighted by atomic mass is 9.83. The molecule has 2 saturated carbocycles. The summed E-state index contributed by atoms with van der Waals surface area (Å²) in [5.74, 6) is 0.857. The van der Waals surface area contributed by atoms with Crippen LogP contribution in [0.2, 0.25) is 0 Å². The van der Waals surface area contributed by atoms with E-state index in [-0.39, 0.29) is 42.1 Å². The number of nitrogens with two attached hydrogens (primary N) is 2. The summed E-state index contributed by atoms with van der Waals surface area (Å²) in [5.41, 5.74) is 18.2. The van der Waals surface area contributed by atoms with Gasteiger partial charge in [0, 0.05) is 18.6 Å². The van der Waals surface area contributed by atoms with E-state index in [4.69, 9.17) is 20.9 Å². The van der Waals surface area contributed by atoms with E-state index in [1.165, 1.54) is 75.3 Å². The van der Waals surface area contributed by atoms with Crippen molar-refractivity contribution in [1.29, 1.82) is 0 Å². The summed E-state index contributed by atoms with van der Waals surface area (Å²) in [4.78, 5) is 27.5. The molecular formula is C46H66N4O4. The Hall–Kier alpha value is -3.30. The van der Waals surface area contributed by atoms with Gasteiger partial charge in [-0.15, -0.1) is 0 Å². The van der Waals surface area contributed by atoms with Crippen LogP contribution >= 0.6 is 0 Å². The lowest BCUT2D eigenvalue weighted by Crippen LogP contribution is -2.50. The molecule has 8 heteroatoms. The maximum absolute atomic E-state index is 14.0. The van der Waals surface area contributed by atoms with E-state index >= 15 is 0 Å². The largest absolute Gasteiger partial charge is 0.364 e. The van der Waals surface area contributed by atoms with Crippen LogP contribution in [-0.2, 0) is 38.4 Å². The summed E-state index contributed by atoms with van der Waals surface area (Å²) in [7, 11) is 0. The summed E-state index contributed by atoms with van der Waals surface area (Å²) < 4.78 is 12.7. The maximum atomic E-state index is 14.0. The number of fused-ring (bicyclic) bond motifs is 2. The molecule has 0 saturated heterocycles. The van der Waals surface area contributed by atoms with Gasteiger partial charge in [0.05, 0.1) is 18.2 Å². The summed E-state index contributed by atoms with van der Waals surface area (Å²) >= 11 is 0. The normalized spacial score (nSPS) is 21.0. The van der Waals surface area contributed by atoms with Crippen molar-refractivity contribution in [3.63, 3.8) is 0 Å². The molecule has 2 amide bonds. The van der Waals surface area contributed by atoms with Gasteiger partial charge >= 0.3 is 0 Å². The molecule has 0 aliphatic heterocycles. The number of aryl methyl sites for hydroxylation is 1. The standard InChI is InChI=1S/C46H66N4O4/c1-30(2)53-43(40(47)27-32-13-6-4-7-14-32)45(51)49-29-37-19-12-18-36-26-34(21-23-38(36)37)25-31(3)54-44(41(48)28-33-15-8-5-9-16-33)46(52)50-42-24-22-35-17-10-11-20-39(35)42/h10-12,17-21,23,26,30-33,40-44H,4-9,13-16,22,24-25,27-29,47-48H2,1-3H3,(H,49,51)(H,50,52)/t31?,40-,41-,42?,43?,44?/m1/s1. The average Bonchev–Trinajstić information content (AvgIpc) is 3.57. The minimum atomic E-state index is -0.718. The molecule has 3 aliphatic carbocycles. The van der Waals surface area contributed by atoms with Gasteiger partial charge in [-0.1, -0.05) is 125 Å². The summed E-state index contributed by atoms with van der Waals surface area (Å²) in [6.45, 7) is 6.35. The molecule has 3 aliphatic rings. The highest BCUT2D eigenvalue weighted by atomic mass is 16.5. The van der Waals surface area contributed by atoms with Crippen molar-refractivity contribution < 1.29 is 19.1 Å². The van der Waals surface area contributed by atoms with E-state index in [0.717, 1.165) is 47.6 Å². The Kier molecular flexibility index (Phi) is 14.6. The van der Waals surface area contributed by atoms with Crippen molar-refractivity contribution >= 4 is 22.6 Å². The predicted molar refractivity (Wildman–Crippen MR) is 218 cm³/mol. The lowest BCUT2D eigenvalue weighted by Gasteiger charge is -2.31. The van der Waals surface area contributed by atoms with Gasteiger partial charge < -0.3 is 31.6 Å². The SMILES string of the molecule is CC(C)OC(C(=O)NCc1cccc2cc(CC(C)OC(C(=O)NC3CCc4ccccc43)[C@H](N)CC3CCCCC3)ccc12)[C@H](N)CC1CCCCC1. The van der Waals surface area contributed by atoms with Crippen LogP contribution in [-0.4, -0.2) is 48.3 Å². The fourth-order valence-corrected chi connectivity index (χ4v) is 9.43. The Morgan fingerprint density at radius 3 is 2.06 bits per heavy atom. The number of hydrogen-bond acceptors (Lipinski definition) is 6. The van der Waals surface area contributed by atoms with Crippen LogP contribution in [0.5, 0.6) is 0 Å². The molecular weight excluding hydrogens is 673 g/mol. The van der Waals surface area contributed by atoms with Crippen LogP contribution < -0.4 is 22.1 Å². The minimum Gasteiger partial charge on any atom is -0.364 e. The fourth-order valence-electron chi connectivity index (χ4n) is 9.43. The van der Waals surface area contributed by atoms with Crippen molar-refractivity contribution in [1.82, 2.24) is 10.6 Å². The third-order valence-electron chi connectivity index (χ3n) is 12.2. The van der Waals surface area contributed by atoms with E-state index in [1.54, 1.807) is 0 Å². The quantitative estimate of drug-likeness (QED) is 0.111. The van der Waals surface area contributed by atoms with Crippen LogP contribution in [0.25, 0.3) is 10.8 Å². The molecule has 3 aromatic carbocycles. The first kappa shape index (κ1) is 40.4. The van der Waals surface area contributed by atoms with E-state index in [2.05, 4.69) is 59.2 Å². The summed E-state index contributed by atoms with van der Waals surface area (Å²) in [5, 5.41) is 8.66. The van der Waals surface area contributed by atoms with Crippen molar-refractivity contribution in [3.8, 4) is 0 Å². The van der Waals surface area contributed by atoms with Gasteiger partial charge in [0.1, 0.15) is 0 Å². The molecule has 0 radical (unpaired) electrons. The highest BCUT2D eigenvalue weighted by Crippen LogP contribution is 2.33. The second-order valence-corrected chi connectivity index (χ2v) is 17.0. The number of amides is 2.